The molecule has 1 rings (SSSR count). The molecule has 1 aliphatic rings. The van der Waals surface area contributed by atoms with Crippen LogP contribution in [0.15, 0.2) is 0 Å². The molecule has 0 aromatic heterocycles. The molecular weight excluding hydrogens is 174 g/mol. The molecule has 1 saturated carbocycles. The van der Waals surface area contributed by atoms with Crippen LogP contribution in [0.25, 0.3) is 0 Å². The van der Waals surface area contributed by atoms with E-state index in [1.54, 1.807) is 0 Å². The Hall–Kier alpha value is -0.0800. The maximum atomic E-state index is 6.04. The molecule has 0 bridgehead atoms. The van der Waals surface area contributed by atoms with Crippen LogP contribution in [0, 0.1) is 5.92 Å². The van der Waals surface area contributed by atoms with Gasteiger partial charge in [0.25, 0.3) is 0 Å². The van der Waals surface area contributed by atoms with Gasteiger partial charge in [0.1, 0.15) is 0 Å². The van der Waals surface area contributed by atoms with E-state index in [-0.39, 0.29) is 0 Å². The van der Waals surface area contributed by atoms with Crippen LogP contribution in [0.4, 0.5) is 0 Å². The molecule has 1 aliphatic carbocycles. The van der Waals surface area contributed by atoms with Gasteiger partial charge < -0.3 is 10.1 Å². The molecule has 0 spiro atoms. The second kappa shape index (κ2) is 6.41. The van der Waals surface area contributed by atoms with Crippen LogP contribution in [0.1, 0.15) is 46.5 Å². The van der Waals surface area contributed by atoms with E-state index < -0.39 is 0 Å². The lowest BCUT2D eigenvalue weighted by atomic mass is 9.88. The standard InChI is InChI=1S/C12H25NO/c1-4-13-9-11(3)14-12-8-6-5-7-10(12)2/h10-13H,4-9H2,1-3H3. The number of hydrogen-bond donors (Lipinski definition) is 1. The Morgan fingerprint density at radius 1 is 1.36 bits per heavy atom. The summed E-state index contributed by atoms with van der Waals surface area (Å²) in [6.07, 6.45) is 6.22. The van der Waals surface area contributed by atoms with Crippen LogP contribution in [0.2, 0.25) is 0 Å². The molecule has 14 heavy (non-hydrogen) atoms. The van der Waals surface area contributed by atoms with Crippen molar-refractivity contribution in [1.82, 2.24) is 5.32 Å². The Morgan fingerprint density at radius 2 is 2.07 bits per heavy atom. The van der Waals surface area contributed by atoms with E-state index in [2.05, 4.69) is 26.1 Å². The van der Waals surface area contributed by atoms with Crippen molar-refractivity contribution in [2.24, 2.45) is 5.92 Å². The van der Waals surface area contributed by atoms with E-state index in [1.807, 2.05) is 0 Å². The van der Waals surface area contributed by atoms with Crippen LogP contribution >= 0.6 is 0 Å². The van der Waals surface area contributed by atoms with Crippen molar-refractivity contribution >= 4 is 0 Å². The Balaban J connectivity index is 2.20. The number of hydrogen-bond acceptors (Lipinski definition) is 2. The molecule has 0 heterocycles. The van der Waals surface area contributed by atoms with E-state index in [1.165, 1.54) is 25.7 Å². The third-order valence-electron chi connectivity index (χ3n) is 3.12. The van der Waals surface area contributed by atoms with Gasteiger partial charge in [-0.15, -0.1) is 0 Å². The van der Waals surface area contributed by atoms with Crippen LogP contribution < -0.4 is 5.32 Å². The second-order valence-electron chi connectivity index (χ2n) is 4.55. The highest BCUT2D eigenvalue weighted by Gasteiger charge is 2.23. The molecule has 2 heteroatoms. The largest absolute Gasteiger partial charge is 0.374 e. The van der Waals surface area contributed by atoms with Gasteiger partial charge in [0.05, 0.1) is 12.2 Å². The first-order chi connectivity index (χ1) is 6.74. The lowest BCUT2D eigenvalue weighted by Gasteiger charge is -2.31. The monoisotopic (exact) mass is 199 g/mol. The normalized spacial score (nSPS) is 30.2. The fraction of sp³-hybridized carbons (Fsp3) is 1.00. The third-order valence-corrected chi connectivity index (χ3v) is 3.12. The summed E-state index contributed by atoms with van der Waals surface area (Å²) in [4.78, 5) is 0. The van der Waals surface area contributed by atoms with Crippen molar-refractivity contribution in [3.05, 3.63) is 0 Å². The van der Waals surface area contributed by atoms with Crippen LogP contribution in [0.3, 0.4) is 0 Å². The predicted octanol–water partition coefficient (Wildman–Crippen LogP) is 2.58. The number of rotatable bonds is 5. The molecule has 0 saturated heterocycles. The summed E-state index contributed by atoms with van der Waals surface area (Å²) in [5.41, 5.74) is 0. The maximum Gasteiger partial charge on any atom is 0.0675 e. The highest BCUT2D eigenvalue weighted by atomic mass is 16.5. The molecule has 84 valence electrons. The van der Waals surface area contributed by atoms with Crippen molar-refractivity contribution in [3.63, 3.8) is 0 Å². The smallest absolute Gasteiger partial charge is 0.0675 e. The average molecular weight is 199 g/mol. The molecule has 0 aromatic carbocycles. The minimum absolute atomic E-state index is 0.362. The van der Waals surface area contributed by atoms with Gasteiger partial charge in [-0.1, -0.05) is 26.7 Å². The zero-order chi connectivity index (χ0) is 10.4. The molecule has 3 atom stereocenters. The van der Waals surface area contributed by atoms with Crippen LogP contribution in [-0.4, -0.2) is 25.3 Å². The maximum absolute atomic E-state index is 6.04. The van der Waals surface area contributed by atoms with Gasteiger partial charge in [0, 0.05) is 6.54 Å². The Kier molecular flexibility index (Phi) is 5.49. The quantitative estimate of drug-likeness (QED) is 0.735. The molecule has 0 amide bonds. The zero-order valence-corrected chi connectivity index (χ0v) is 9.88. The molecular formula is C12H25NO. The minimum atomic E-state index is 0.362. The van der Waals surface area contributed by atoms with Crippen molar-refractivity contribution in [2.75, 3.05) is 13.1 Å². The van der Waals surface area contributed by atoms with Gasteiger partial charge >= 0.3 is 0 Å². The fourth-order valence-electron chi connectivity index (χ4n) is 2.18. The summed E-state index contributed by atoms with van der Waals surface area (Å²) in [6.45, 7) is 8.65. The summed E-state index contributed by atoms with van der Waals surface area (Å²) < 4.78 is 6.04. The first-order valence-electron chi connectivity index (χ1n) is 6.10. The second-order valence-corrected chi connectivity index (χ2v) is 4.55. The highest BCUT2D eigenvalue weighted by molar-refractivity contribution is 4.73. The summed E-state index contributed by atoms with van der Waals surface area (Å²) in [5.74, 6) is 0.757. The first kappa shape index (κ1) is 12.0. The molecule has 3 unspecified atom stereocenters. The molecule has 0 aromatic rings. The Bertz CT molecular complexity index is 149. The topological polar surface area (TPSA) is 21.3 Å². The van der Waals surface area contributed by atoms with Gasteiger partial charge in [0.15, 0.2) is 0 Å². The SMILES string of the molecule is CCNCC(C)OC1CCCCC1C. The van der Waals surface area contributed by atoms with E-state index in [0.29, 0.717) is 12.2 Å². The summed E-state index contributed by atoms with van der Waals surface area (Å²) in [5, 5.41) is 3.33. The van der Waals surface area contributed by atoms with Gasteiger partial charge in [-0.05, 0) is 32.2 Å². The van der Waals surface area contributed by atoms with Crippen molar-refractivity contribution in [3.8, 4) is 0 Å². The highest BCUT2D eigenvalue weighted by Crippen LogP contribution is 2.26. The molecule has 0 radical (unpaired) electrons. The van der Waals surface area contributed by atoms with Crippen LogP contribution in [0.5, 0.6) is 0 Å². The Morgan fingerprint density at radius 3 is 2.71 bits per heavy atom. The van der Waals surface area contributed by atoms with E-state index in [4.69, 9.17) is 4.74 Å². The molecule has 1 N–H and O–H groups in total. The Labute approximate surface area is 88.4 Å². The molecule has 1 fully saturated rings. The fourth-order valence-corrected chi connectivity index (χ4v) is 2.18. The van der Waals surface area contributed by atoms with Crippen LogP contribution in [-0.2, 0) is 4.74 Å². The summed E-state index contributed by atoms with van der Waals surface area (Å²) in [6, 6.07) is 0. The third kappa shape index (κ3) is 3.97. The van der Waals surface area contributed by atoms with Crippen molar-refractivity contribution in [2.45, 2.75) is 58.7 Å². The molecule has 2 nitrogen and oxygen atoms in total. The summed E-state index contributed by atoms with van der Waals surface area (Å²) in [7, 11) is 0. The minimum Gasteiger partial charge on any atom is -0.374 e. The first-order valence-corrected chi connectivity index (χ1v) is 6.10. The number of likely N-dealkylation sites (N-methyl/N-ethyl adjacent to an activating group) is 1. The number of nitrogens with one attached hydrogen (secondary N) is 1. The molecule has 0 aliphatic heterocycles. The zero-order valence-electron chi connectivity index (χ0n) is 9.88. The van der Waals surface area contributed by atoms with Gasteiger partial charge in [0.2, 0.25) is 0 Å². The lowest BCUT2D eigenvalue weighted by molar-refractivity contribution is -0.0465. The van der Waals surface area contributed by atoms with Crippen molar-refractivity contribution in [1.29, 1.82) is 0 Å². The predicted molar refractivity (Wildman–Crippen MR) is 60.5 cm³/mol. The van der Waals surface area contributed by atoms with Crippen molar-refractivity contribution < 1.29 is 4.74 Å². The summed E-state index contributed by atoms with van der Waals surface area (Å²) >= 11 is 0. The van der Waals surface area contributed by atoms with E-state index in [9.17, 15) is 0 Å². The average Bonchev–Trinajstić information content (AvgIpc) is 2.18. The lowest BCUT2D eigenvalue weighted by Crippen LogP contribution is -2.34. The van der Waals surface area contributed by atoms with E-state index >= 15 is 0 Å². The van der Waals surface area contributed by atoms with Gasteiger partial charge in [-0.25, -0.2) is 0 Å². The number of ether oxygens (including phenoxy) is 1. The van der Waals surface area contributed by atoms with E-state index in [0.717, 1.165) is 19.0 Å². The van der Waals surface area contributed by atoms with Gasteiger partial charge in [-0.2, -0.15) is 0 Å². The van der Waals surface area contributed by atoms with Gasteiger partial charge in [-0.3, -0.25) is 0 Å².